The molecule has 2 rings (SSSR count). The molecule has 72 valence electrons. The highest BCUT2D eigenvalue weighted by molar-refractivity contribution is 5.32. The Morgan fingerprint density at radius 1 is 1.50 bits per heavy atom. The van der Waals surface area contributed by atoms with Crippen molar-refractivity contribution in [2.75, 3.05) is 5.73 Å². The molecule has 0 saturated carbocycles. The van der Waals surface area contributed by atoms with Gasteiger partial charge in [0.25, 0.3) is 11.5 Å². The zero-order valence-electron chi connectivity index (χ0n) is 7.43. The molecule has 0 amide bonds. The number of aromatic nitrogens is 5. The predicted molar refractivity (Wildman–Crippen MR) is 48.9 cm³/mol. The van der Waals surface area contributed by atoms with Crippen molar-refractivity contribution < 1.29 is 0 Å². The molecule has 2 heterocycles. The Labute approximate surface area is 78.6 Å². The molecule has 0 aliphatic carbocycles. The SMILES string of the molecule is Cc1nnc(-n2cc(N)cn2)[nH]c1=O. The lowest BCUT2D eigenvalue weighted by Crippen LogP contribution is -2.17. The first-order chi connectivity index (χ1) is 6.66. The third-order valence-electron chi connectivity index (χ3n) is 1.67. The number of nitrogen functional groups attached to an aromatic ring is 1. The number of nitrogens with one attached hydrogen (secondary N) is 1. The van der Waals surface area contributed by atoms with Crippen molar-refractivity contribution >= 4 is 5.69 Å². The minimum atomic E-state index is -0.288. The van der Waals surface area contributed by atoms with Crippen molar-refractivity contribution in [2.24, 2.45) is 0 Å². The molecule has 0 aromatic carbocycles. The van der Waals surface area contributed by atoms with Crippen molar-refractivity contribution in [2.45, 2.75) is 6.92 Å². The Kier molecular flexibility index (Phi) is 1.77. The highest BCUT2D eigenvalue weighted by atomic mass is 16.1. The zero-order valence-corrected chi connectivity index (χ0v) is 7.43. The fourth-order valence-corrected chi connectivity index (χ4v) is 0.940. The van der Waals surface area contributed by atoms with Crippen molar-refractivity contribution in [3.8, 4) is 5.95 Å². The van der Waals surface area contributed by atoms with Crippen molar-refractivity contribution in [3.63, 3.8) is 0 Å². The van der Waals surface area contributed by atoms with E-state index in [1.165, 1.54) is 17.1 Å². The Morgan fingerprint density at radius 3 is 2.86 bits per heavy atom. The zero-order chi connectivity index (χ0) is 10.1. The van der Waals surface area contributed by atoms with Crippen molar-refractivity contribution in [3.05, 3.63) is 28.4 Å². The van der Waals surface area contributed by atoms with Gasteiger partial charge in [0.05, 0.1) is 18.1 Å². The average molecular weight is 192 g/mol. The van der Waals surface area contributed by atoms with Gasteiger partial charge in [0, 0.05) is 0 Å². The van der Waals surface area contributed by atoms with Crippen LogP contribution in [0.4, 0.5) is 5.69 Å². The molecule has 0 spiro atoms. The van der Waals surface area contributed by atoms with Crippen LogP contribution < -0.4 is 11.3 Å². The summed E-state index contributed by atoms with van der Waals surface area (Å²) in [6.45, 7) is 1.58. The normalized spacial score (nSPS) is 10.4. The molecule has 0 saturated heterocycles. The van der Waals surface area contributed by atoms with Crippen LogP contribution >= 0.6 is 0 Å². The standard InChI is InChI=1S/C7H8N6O/c1-4-6(14)10-7(12-11-4)13-3-5(8)2-9-13/h2-3H,8H2,1H3,(H,10,12,14). The number of hydrogen-bond acceptors (Lipinski definition) is 5. The van der Waals surface area contributed by atoms with E-state index >= 15 is 0 Å². The van der Waals surface area contributed by atoms with Crippen LogP contribution in [0.1, 0.15) is 5.69 Å². The second kappa shape index (κ2) is 2.95. The quantitative estimate of drug-likeness (QED) is 0.618. The van der Waals surface area contributed by atoms with E-state index in [0.717, 1.165) is 0 Å². The summed E-state index contributed by atoms with van der Waals surface area (Å²) in [5.41, 5.74) is 5.98. The largest absolute Gasteiger partial charge is 0.396 e. The van der Waals surface area contributed by atoms with Crippen molar-refractivity contribution in [1.82, 2.24) is 25.0 Å². The van der Waals surface area contributed by atoms with Gasteiger partial charge in [-0.1, -0.05) is 0 Å². The number of rotatable bonds is 1. The van der Waals surface area contributed by atoms with Crippen LogP contribution in [-0.4, -0.2) is 25.0 Å². The first-order valence-corrected chi connectivity index (χ1v) is 3.91. The van der Waals surface area contributed by atoms with Gasteiger partial charge in [0.1, 0.15) is 5.69 Å². The van der Waals surface area contributed by atoms with Crippen LogP contribution in [0, 0.1) is 6.92 Å². The lowest BCUT2D eigenvalue weighted by molar-refractivity contribution is 0.752. The second-order valence-electron chi connectivity index (χ2n) is 2.78. The van der Waals surface area contributed by atoms with E-state index in [2.05, 4.69) is 20.3 Å². The number of nitrogens with two attached hydrogens (primary N) is 1. The summed E-state index contributed by atoms with van der Waals surface area (Å²) in [6, 6.07) is 0. The summed E-state index contributed by atoms with van der Waals surface area (Å²) in [6.07, 6.45) is 3.00. The number of H-pyrrole nitrogens is 1. The fourth-order valence-electron chi connectivity index (χ4n) is 0.940. The second-order valence-corrected chi connectivity index (χ2v) is 2.78. The maximum Gasteiger partial charge on any atom is 0.274 e. The molecule has 0 aliphatic rings. The van der Waals surface area contributed by atoms with Gasteiger partial charge in [0.2, 0.25) is 0 Å². The number of hydrogen-bond donors (Lipinski definition) is 2. The van der Waals surface area contributed by atoms with E-state index in [0.29, 0.717) is 11.4 Å². The lowest BCUT2D eigenvalue weighted by atomic mass is 10.5. The lowest BCUT2D eigenvalue weighted by Gasteiger charge is -1.97. The van der Waals surface area contributed by atoms with Crippen LogP contribution in [0.25, 0.3) is 5.95 Å². The number of aryl methyl sites for hydroxylation is 1. The van der Waals surface area contributed by atoms with Gasteiger partial charge in [-0.05, 0) is 6.92 Å². The maximum atomic E-state index is 11.2. The van der Waals surface area contributed by atoms with Crippen LogP contribution in [0.2, 0.25) is 0 Å². The van der Waals surface area contributed by atoms with Gasteiger partial charge in [-0.25, -0.2) is 4.68 Å². The molecule has 14 heavy (non-hydrogen) atoms. The highest BCUT2D eigenvalue weighted by Gasteiger charge is 2.03. The smallest absolute Gasteiger partial charge is 0.274 e. The molecule has 3 N–H and O–H groups in total. The third-order valence-corrected chi connectivity index (χ3v) is 1.67. The molecular formula is C7H8N6O. The minimum absolute atomic E-state index is 0.248. The van der Waals surface area contributed by atoms with E-state index in [4.69, 9.17) is 5.73 Å². The monoisotopic (exact) mass is 192 g/mol. The summed E-state index contributed by atoms with van der Waals surface area (Å²) < 4.78 is 1.35. The molecule has 0 atom stereocenters. The summed E-state index contributed by atoms with van der Waals surface area (Å²) in [4.78, 5) is 13.7. The molecule has 7 nitrogen and oxygen atoms in total. The van der Waals surface area contributed by atoms with Crippen molar-refractivity contribution in [1.29, 1.82) is 0 Å². The number of anilines is 1. The Hall–Kier alpha value is -2.18. The Bertz CT molecular complexity index is 513. The molecule has 2 aromatic heterocycles. The highest BCUT2D eigenvalue weighted by Crippen LogP contribution is 2.01. The van der Waals surface area contributed by atoms with E-state index < -0.39 is 0 Å². The summed E-state index contributed by atoms with van der Waals surface area (Å²) in [5, 5.41) is 11.3. The van der Waals surface area contributed by atoms with Gasteiger partial charge >= 0.3 is 0 Å². The topological polar surface area (TPSA) is 102 Å². The number of aromatic amines is 1. The Morgan fingerprint density at radius 2 is 2.29 bits per heavy atom. The van der Waals surface area contributed by atoms with E-state index in [9.17, 15) is 4.79 Å². The molecular weight excluding hydrogens is 184 g/mol. The summed E-state index contributed by atoms with van der Waals surface area (Å²) in [5.74, 6) is 0.248. The van der Waals surface area contributed by atoms with Gasteiger partial charge in [-0.2, -0.15) is 5.10 Å². The predicted octanol–water partition coefficient (Wildman–Crippen LogP) is -0.759. The average Bonchev–Trinajstić information content (AvgIpc) is 2.57. The minimum Gasteiger partial charge on any atom is -0.396 e. The molecule has 0 aliphatic heterocycles. The van der Waals surface area contributed by atoms with Crippen LogP contribution in [0.5, 0.6) is 0 Å². The number of nitrogens with zero attached hydrogens (tertiary/aromatic N) is 4. The summed E-state index contributed by atoms with van der Waals surface area (Å²) >= 11 is 0. The van der Waals surface area contributed by atoms with E-state index in [-0.39, 0.29) is 11.5 Å². The molecule has 0 unspecified atom stereocenters. The molecule has 2 aromatic rings. The maximum absolute atomic E-state index is 11.2. The molecule has 0 radical (unpaired) electrons. The van der Waals surface area contributed by atoms with Crippen LogP contribution in [-0.2, 0) is 0 Å². The van der Waals surface area contributed by atoms with Gasteiger partial charge in [-0.3, -0.25) is 9.78 Å². The first-order valence-electron chi connectivity index (χ1n) is 3.91. The van der Waals surface area contributed by atoms with Gasteiger partial charge < -0.3 is 5.73 Å². The first kappa shape index (κ1) is 8.42. The van der Waals surface area contributed by atoms with E-state index in [1.54, 1.807) is 6.92 Å². The molecule has 0 fully saturated rings. The van der Waals surface area contributed by atoms with Crippen LogP contribution in [0.3, 0.4) is 0 Å². The summed E-state index contributed by atoms with van der Waals surface area (Å²) in [7, 11) is 0. The van der Waals surface area contributed by atoms with Crippen LogP contribution in [0.15, 0.2) is 17.2 Å². The van der Waals surface area contributed by atoms with Gasteiger partial charge in [0.15, 0.2) is 0 Å². The Balaban J connectivity index is 2.53. The van der Waals surface area contributed by atoms with E-state index in [1.807, 2.05) is 0 Å². The molecule has 0 bridgehead atoms. The molecule has 7 heteroatoms. The third kappa shape index (κ3) is 1.35. The van der Waals surface area contributed by atoms with Gasteiger partial charge in [-0.15, -0.1) is 10.2 Å². The fraction of sp³-hybridized carbons (Fsp3) is 0.143.